The standard InChI is InChI=1S/C18H25N3OS/c1-6-8-17(19)20-18(23)22-16-12-13(3)15(11-14(16)4)9-10-21(5)7-2/h11-12H,7,9-10H2,1-5H3,(H2,19,20,23)/p+1. The first-order valence-electron chi connectivity index (χ1n) is 7.65. The largest absolute Gasteiger partial charge is 0.415 e. The molecule has 0 bridgehead atoms. The van der Waals surface area contributed by atoms with E-state index in [4.69, 9.17) is 10.1 Å². The van der Waals surface area contributed by atoms with Crippen molar-refractivity contribution in [1.29, 1.82) is 5.41 Å². The second kappa shape index (κ2) is 9.39. The van der Waals surface area contributed by atoms with Crippen molar-refractivity contribution in [2.75, 3.05) is 20.1 Å². The number of aliphatic imine (C=N–C) groups is 1. The summed E-state index contributed by atoms with van der Waals surface area (Å²) in [7, 11) is 2.13. The first-order valence-corrected chi connectivity index (χ1v) is 8.15. The Kier molecular flexibility index (Phi) is 7.87. The van der Waals surface area contributed by atoms with Crippen LogP contribution in [0.5, 0.6) is 5.75 Å². The minimum Gasteiger partial charge on any atom is -0.402 e. The highest BCUT2D eigenvalue weighted by Crippen LogP contribution is 2.23. The molecule has 0 aromatic heterocycles. The highest BCUT2D eigenvalue weighted by Gasteiger charge is 2.11. The van der Waals surface area contributed by atoms with Gasteiger partial charge in [0.15, 0.2) is 0 Å². The number of nitrogens with zero attached hydrogens (tertiary/aromatic N) is 2. The van der Waals surface area contributed by atoms with Gasteiger partial charge in [-0.05, 0) is 69.5 Å². The highest BCUT2D eigenvalue weighted by molar-refractivity contribution is 7.77. The Hall–Kier alpha value is -1.77. The number of benzene rings is 1. The number of amidine groups is 1. The molecule has 0 amide bonds. The van der Waals surface area contributed by atoms with Crippen molar-refractivity contribution in [1.82, 2.24) is 4.90 Å². The van der Waals surface area contributed by atoms with Crippen molar-refractivity contribution in [3.63, 3.8) is 0 Å². The van der Waals surface area contributed by atoms with E-state index in [0.717, 1.165) is 30.8 Å². The highest BCUT2D eigenvalue weighted by atomic mass is 32.1. The van der Waals surface area contributed by atoms with E-state index in [1.165, 1.54) is 11.1 Å². The summed E-state index contributed by atoms with van der Waals surface area (Å²) in [5.41, 5.74) is 3.56. The third kappa shape index (κ3) is 6.47. The van der Waals surface area contributed by atoms with Gasteiger partial charge >= 0.3 is 5.23 Å². The predicted molar refractivity (Wildman–Crippen MR) is 102 cm³/mol. The molecule has 0 unspecified atom stereocenters. The third-order valence-corrected chi connectivity index (χ3v) is 3.81. The van der Waals surface area contributed by atoms with Crippen LogP contribution in [0.3, 0.4) is 0 Å². The molecular formula is C18H26N3OS+. The van der Waals surface area contributed by atoms with E-state index in [9.17, 15) is 0 Å². The lowest BCUT2D eigenvalue weighted by Crippen LogP contribution is -2.20. The summed E-state index contributed by atoms with van der Waals surface area (Å²) >= 11 is 3.29. The number of hydrogen-bond donors (Lipinski definition) is 1. The minimum absolute atomic E-state index is 0.0360. The van der Waals surface area contributed by atoms with E-state index in [2.05, 4.69) is 61.3 Å². The summed E-state index contributed by atoms with van der Waals surface area (Å²) in [6.45, 7) is 10.0. The van der Waals surface area contributed by atoms with Gasteiger partial charge in [0, 0.05) is 6.54 Å². The van der Waals surface area contributed by atoms with E-state index in [0.29, 0.717) is 0 Å². The van der Waals surface area contributed by atoms with Gasteiger partial charge in [0.05, 0.1) is 12.6 Å². The normalized spacial score (nSPS) is 11.2. The first-order chi connectivity index (χ1) is 10.9. The van der Waals surface area contributed by atoms with E-state index in [1.54, 1.807) is 6.92 Å². The van der Waals surface area contributed by atoms with Crippen molar-refractivity contribution < 1.29 is 4.74 Å². The average molecular weight is 332 g/mol. The number of ether oxygens (including phenoxy) is 1. The minimum atomic E-state index is -0.0360. The maximum atomic E-state index is 7.55. The molecule has 0 saturated heterocycles. The van der Waals surface area contributed by atoms with Crippen LogP contribution in [0.2, 0.25) is 0 Å². The summed E-state index contributed by atoms with van der Waals surface area (Å²) in [5.74, 6) is 5.89. The lowest BCUT2D eigenvalue weighted by Gasteiger charge is -2.16. The predicted octanol–water partition coefficient (Wildman–Crippen LogP) is 2.54. The van der Waals surface area contributed by atoms with Crippen LogP contribution in [0.15, 0.2) is 17.1 Å². The van der Waals surface area contributed by atoms with Gasteiger partial charge in [-0.2, -0.15) is 0 Å². The zero-order valence-electron chi connectivity index (χ0n) is 14.6. The van der Waals surface area contributed by atoms with Gasteiger partial charge in [-0.3, -0.25) is 5.41 Å². The Morgan fingerprint density at radius 1 is 1.35 bits per heavy atom. The van der Waals surface area contributed by atoms with Crippen LogP contribution < -0.4 is 4.74 Å². The second-order valence-electron chi connectivity index (χ2n) is 5.43. The van der Waals surface area contributed by atoms with Gasteiger partial charge in [0.2, 0.25) is 5.84 Å². The van der Waals surface area contributed by atoms with Crippen molar-refractivity contribution in [3.8, 4) is 17.6 Å². The molecule has 1 aromatic carbocycles. The number of rotatable bonds is 5. The average Bonchev–Trinajstić information content (AvgIpc) is 2.48. The molecule has 0 atom stereocenters. The molecule has 1 aromatic rings. The zero-order chi connectivity index (χ0) is 17.4. The van der Waals surface area contributed by atoms with Gasteiger partial charge in [-0.1, -0.05) is 18.9 Å². The monoisotopic (exact) mass is 332 g/mol. The van der Waals surface area contributed by atoms with Crippen LogP contribution in [0.25, 0.3) is 0 Å². The summed E-state index contributed by atoms with van der Waals surface area (Å²) in [4.78, 5) is 6.23. The van der Waals surface area contributed by atoms with Gasteiger partial charge in [-0.15, -0.1) is 4.99 Å². The molecule has 0 aliphatic rings. The summed E-state index contributed by atoms with van der Waals surface area (Å²) in [6.07, 6.45) is 1.02. The van der Waals surface area contributed by atoms with Gasteiger partial charge in [-0.25, -0.2) is 0 Å². The van der Waals surface area contributed by atoms with E-state index in [1.807, 2.05) is 13.0 Å². The molecule has 0 radical (unpaired) electrons. The Morgan fingerprint density at radius 2 is 2.04 bits per heavy atom. The maximum Gasteiger partial charge on any atom is 0.415 e. The smallest absolute Gasteiger partial charge is 0.402 e. The van der Waals surface area contributed by atoms with Crippen LogP contribution >= 0.6 is 0 Å². The summed E-state index contributed by atoms with van der Waals surface area (Å²) in [6, 6.07) is 4.17. The Balaban J connectivity index is 2.87. The summed E-state index contributed by atoms with van der Waals surface area (Å²) < 4.78 is 5.69. The summed E-state index contributed by atoms with van der Waals surface area (Å²) in [5, 5.41) is 7.79. The fourth-order valence-electron chi connectivity index (χ4n) is 2.07. The zero-order valence-corrected chi connectivity index (χ0v) is 15.6. The molecule has 1 N–H and O–H groups in total. The van der Waals surface area contributed by atoms with Crippen molar-refractivity contribution in [2.45, 2.75) is 34.1 Å². The van der Waals surface area contributed by atoms with E-state index < -0.39 is 0 Å². The molecule has 1 rings (SSSR count). The molecule has 124 valence electrons. The van der Waals surface area contributed by atoms with Crippen molar-refractivity contribution in [2.24, 2.45) is 4.99 Å². The van der Waals surface area contributed by atoms with E-state index >= 15 is 0 Å². The fraction of sp³-hybridized carbons (Fsp3) is 0.444. The Labute approximate surface area is 144 Å². The number of nitrogens with one attached hydrogen (secondary N) is 1. The number of hydrogen-bond acceptors (Lipinski definition) is 3. The first kappa shape index (κ1) is 19.3. The molecule has 4 nitrogen and oxygen atoms in total. The van der Waals surface area contributed by atoms with Crippen molar-refractivity contribution in [3.05, 3.63) is 28.8 Å². The molecular weight excluding hydrogens is 306 g/mol. The number of likely N-dealkylation sites (N-methyl/N-ethyl adjacent to an activating group) is 1. The van der Waals surface area contributed by atoms with Gasteiger partial charge in [0.25, 0.3) is 0 Å². The van der Waals surface area contributed by atoms with Gasteiger partial charge < -0.3 is 9.64 Å². The molecule has 0 saturated carbocycles. The fourth-order valence-corrected chi connectivity index (χ4v) is 2.29. The molecule has 0 aliphatic heterocycles. The third-order valence-electron chi connectivity index (χ3n) is 3.60. The van der Waals surface area contributed by atoms with Crippen LogP contribution in [-0.2, 0) is 19.0 Å². The second-order valence-corrected chi connectivity index (χ2v) is 5.86. The molecule has 0 spiro atoms. The van der Waals surface area contributed by atoms with Crippen molar-refractivity contribution >= 4 is 23.7 Å². The molecule has 5 heteroatoms. The van der Waals surface area contributed by atoms with Crippen LogP contribution in [-0.4, -0.2) is 36.1 Å². The lowest BCUT2D eigenvalue weighted by atomic mass is 10.0. The van der Waals surface area contributed by atoms with Gasteiger partial charge in [0.1, 0.15) is 5.75 Å². The van der Waals surface area contributed by atoms with Crippen LogP contribution in [0, 0.1) is 31.1 Å². The lowest BCUT2D eigenvalue weighted by molar-refractivity contribution is 0.357. The topological polar surface area (TPSA) is 48.7 Å². The molecule has 0 fully saturated rings. The number of aryl methyl sites for hydroxylation is 2. The molecule has 23 heavy (non-hydrogen) atoms. The van der Waals surface area contributed by atoms with Crippen LogP contribution in [0.4, 0.5) is 0 Å². The van der Waals surface area contributed by atoms with Crippen LogP contribution in [0.1, 0.15) is 30.5 Å². The van der Waals surface area contributed by atoms with E-state index in [-0.39, 0.29) is 11.1 Å². The molecule has 0 heterocycles. The quantitative estimate of drug-likeness (QED) is 0.390. The maximum absolute atomic E-state index is 7.55. The molecule has 0 aliphatic carbocycles. The Bertz CT molecular complexity index is 656. The Morgan fingerprint density at radius 3 is 2.65 bits per heavy atom. The SMILES string of the molecule is CC#CC(=N)N=C([SH2+])Oc1cc(C)c(CCN(C)CC)cc1C.